The summed E-state index contributed by atoms with van der Waals surface area (Å²) in [7, 11) is 3.33. The van der Waals surface area contributed by atoms with E-state index in [0.29, 0.717) is 13.0 Å². The van der Waals surface area contributed by atoms with Crippen LogP contribution in [0.2, 0.25) is 0 Å². The van der Waals surface area contributed by atoms with E-state index in [4.69, 9.17) is 28.4 Å². The van der Waals surface area contributed by atoms with Gasteiger partial charge in [-0.15, -0.1) is 5.92 Å². The molecule has 3 heterocycles. The van der Waals surface area contributed by atoms with Gasteiger partial charge in [-0.25, -0.2) is 0 Å². The van der Waals surface area contributed by atoms with E-state index in [-0.39, 0.29) is 31.8 Å². The average molecular weight is 758 g/mol. The minimum Gasteiger partial charge on any atom is -0.459 e. The number of aliphatic hydroxyl groups excluding tert-OH is 3. The van der Waals surface area contributed by atoms with Gasteiger partial charge in [0.15, 0.2) is 12.6 Å². The fraction of sp³-hybridized carbons (Fsp3) is 0.897. The molecule has 0 aromatic rings. The first-order chi connectivity index (χ1) is 24.5. The van der Waals surface area contributed by atoms with Gasteiger partial charge in [-0.05, 0) is 74.8 Å². The summed E-state index contributed by atoms with van der Waals surface area (Å²) in [6.45, 7) is 16.7. The highest BCUT2D eigenvalue weighted by Crippen LogP contribution is 2.39. The van der Waals surface area contributed by atoms with E-state index in [2.05, 4.69) is 11.8 Å². The lowest BCUT2D eigenvalue weighted by Crippen LogP contribution is -2.59. The lowest BCUT2D eigenvalue weighted by atomic mass is 9.76. The van der Waals surface area contributed by atoms with Crippen molar-refractivity contribution in [3.05, 3.63) is 0 Å². The summed E-state index contributed by atoms with van der Waals surface area (Å²) < 4.78 is 36.9. The minimum absolute atomic E-state index is 0.0910. The first kappa shape index (κ1) is 45.6. The summed E-state index contributed by atoms with van der Waals surface area (Å²) in [6.07, 6.45) is -10.0. The summed E-state index contributed by atoms with van der Waals surface area (Å²) in [5, 5.41) is 57.7. The molecule has 0 aliphatic carbocycles. The smallest absolute Gasteiger partial charge is 0.311 e. The number of carbonyl (C=O) groups excluding carboxylic acids is 2. The number of rotatable bonds is 8. The van der Waals surface area contributed by atoms with Gasteiger partial charge in [0.05, 0.1) is 54.2 Å². The third kappa shape index (κ3) is 10.6. The fourth-order valence-corrected chi connectivity index (χ4v) is 8.06. The van der Waals surface area contributed by atoms with E-state index >= 15 is 0 Å². The molecule has 0 amide bonds. The highest BCUT2D eigenvalue weighted by atomic mass is 16.7. The van der Waals surface area contributed by atoms with E-state index < -0.39 is 108 Å². The molecule has 3 fully saturated rings. The van der Waals surface area contributed by atoms with Crippen LogP contribution in [0.5, 0.6) is 0 Å². The molecule has 0 bridgehead atoms. The van der Waals surface area contributed by atoms with Gasteiger partial charge in [0.2, 0.25) is 0 Å². The number of carbonyl (C=O) groups is 2. The molecular formula is C39H67NO13. The van der Waals surface area contributed by atoms with Gasteiger partial charge in [0, 0.05) is 37.8 Å². The number of nitrogens with zero attached hydrogens (tertiary/aromatic N) is 1. The van der Waals surface area contributed by atoms with Gasteiger partial charge in [-0.3, -0.25) is 14.5 Å². The lowest BCUT2D eigenvalue weighted by Gasteiger charge is -2.47. The van der Waals surface area contributed by atoms with Gasteiger partial charge in [-0.2, -0.15) is 0 Å². The fourth-order valence-electron chi connectivity index (χ4n) is 8.06. The number of ketones is 1. The molecule has 3 rings (SSSR count). The molecular weight excluding hydrogens is 690 g/mol. The molecule has 3 aliphatic heterocycles. The number of Topliss-reactive ketones (excluding diaryl/α,β-unsaturated/α-hetero) is 1. The predicted octanol–water partition coefficient (Wildman–Crippen LogP) is 1.93. The van der Waals surface area contributed by atoms with Gasteiger partial charge in [0.1, 0.15) is 29.7 Å². The minimum atomic E-state index is -2.00. The zero-order chi connectivity index (χ0) is 40.2. The lowest BCUT2D eigenvalue weighted by molar-refractivity contribution is -0.308. The van der Waals surface area contributed by atoms with Crippen LogP contribution in [0.3, 0.4) is 0 Å². The van der Waals surface area contributed by atoms with Crippen molar-refractivity contribution in [1.82, 2.24) is 4.90 Å². The summed E-state index contributed by atoms with van der Waals surface area (Å²) in [5.74, 6) is 1.74. The molecule has 0 aromatic heterocycles. The molecule has 17 atom stereocenters. The maximum atomic E-state index is 14.0. The Bertz CT molecular complexity index is 1280. The number of likely N-dealkylation sites (N-methyl/N-ethyl adjacent to an activating group) is 1. The van der Waals surface area contributed by atoms with E-state index in [1.165, 1.54) is 27.9 Å². The molecule has 14 nitrogen and oxygen atoms in total. The average Bonchev–Trinajstić information content (AvgIpc) is 3.09. The Morgan fingerprint density at radius 2 is 1.57 bits per heavy atom. The van der Waals surface area contributed by atoms with Crippen molar-refractivity contribution >= 4 is 11.8 Å². The Balaban J connectivity index is 2.13. The summed E-state index contributed by atoms with van der Waals surface area (Å²) in [5.41, 5.74) is -4.84. The number of cyclic esters (lactones) is 1. The number of aliphatic hydroxyl groups is 5. The molecule has 53 heavy (non-hydrogen) atoms. The molecule has 0 unspecified atom stereocenters. The van der Waals surface area contributed by atoms with Crippen LogP contribution in [0, 0.1) is 29.6 Å². The van der Waals surface area contributed by atoms with Gasteiger partial charge in [-0.1, -0.05) is 26.7 Å². The largest absolute Gasteiger partial charge is 0.459 e. The van der Waals surface area contributed by atoms with Gasteiger partial charge in [0.25, 0.3) is 0 Å². The van der Waals surface area contributed by atoms with Crippen LogP contribution in [0.25, 0.3) is 0 Å². The van der Waals surface area contributed by atoms with Crippen LogP contribution in [-0.4, -0.2) is 147 Å². The zero-order valence-corrected chi connectivity index (χ0v) is 33.8. The van der Waals surface area contributed by atoms with Crippen LogP contribution in [-0.2, 0) is 38.0 Å². The third-order valence-corrected chi connectivity index (χ3v) is 11.9. The van der Waals surface area contributed by atoms with E-state index in [9.17, 15) is 35.1 Å². The molecule has 3 aliphatic rings. The molecule has 0 saturated carbocycles. The number of methoxy groups -OCH3 is 1. The van der Waals surface area contributed by atoms with Crippen LogP contribution in [0.1, 0.15) is 101 Å². The number of ether oxygens (including phenoxy) is 6. The van der Waals surface area contributed by atoms with Crippen molar-refractivity contribution in [1.29, 1.82) is 0 Å². The molecule has 14 heteroatoms. The molecule has 0 aromatic carbocycles. The number of hydrogen-bond donors (Lipinski definition) is 5. The van der Waals surface area contributed by atoms with Crippen molar-refractivity contribution in [2.75, 3.05) is 20.7 Å². The van der Waals surface area contributed by atoms with Crippen LogP contribution >= 0.6 is 0 Å². The molecule has 0 spiro atoms. The molecule has 306 valence electrons. The Hall–Kier alpha value is -1.74. The third-order valence-electron chi connectivity index (χ3n) is 11.9. The standard InChI is InChI=1S/C39H67NO13/c1-13-15-16-40(11)26-17-22(4)49-36(32(26)42)53-29-18-27(51-30-20-38(9,48-12)34(44)25(7)50-30)23(5)35(45)52-28(14-2)39(10,47)33(43)24(6)31(41)21(3)19-37(29,8)46/h21-30,32-34,36,42-44,46-47H,14,16-20H2,1-12H3/t21-,22-,23-,24+,25+,26+,27+,28-,29-,30+,32-,33-,34+,36+,37-,38-,39-/m1/s1. The summed E-state index contributed by atoms with van der Waals surface area (Å²) >= 11 is 0. The second-order valence-electron chi connectivity index (χ2n) is 16.4. The quantitative estimate of drug-likeness (QED) is 0.178. The maximum Gasteiger partial charge on any atom is 0.311 e. The van der Waals surface area contributed by atoms with Crippen molar-refractivity contribution < 1.29 is 63.5 Å². The van der Waals surface area contributed by atoms with Gasteiger partial charge >= 0.3 is 5.97 Å². The molecule has 5 N–H and O–H groups in total. The number of hydrogen-bond acceptors (Lipinski definition) is 14. The monoisotopic (exact) mass is 757 g/mol. The highest BCUT2D eigenvalue weighted by molar-refractivity contribution is 5.83. The summed E-state index contributed by atoms with van der Waals surface area (Å²) in [4.78, 5) is 29.7. The van der Waals surface area contributed by atoms with Crippen LogP contribution in [0.15, 0.2) is 0 Å². The first-order valence-corrected chi connectivity index (χ1v) is 19.0. The number of esters is 1. The normalized spacial score (nSPS) is 46.6. The van der Waals surface area contributed by atoms with Crippen LogP contribution < -0.4 is 0 Å². The van der Waals surface area contributed by atoms with Gasteiger partial charge < -0.3 is 54.0 Å². The van der Waals surface area contributed by atoms with E-state index in [1.54, 1.807) is 41.5 Å². The van der Waals surface area contributed by atoms with Crippen molar-refractivity contribution in [2.24, 2.45) is 17.8 Å². The summed E-state index contributed by atoms with van der Waals surface area (Å²) in [6, 6.07) is -0.397. The van der Waals surface area contributed by atoms with E-state index in [0.717, 1.165) is 0 Å². The van der Waals surface area contributed by atoms with Crippen molar-refractivity contribution in [3.8, 4) is 11.8 Å². The molecule has 0 radical (unpaired) electrons. The topological polar surface area (TPSA) is 194 Å². The first-order valence-electron chi connectivity index (χ1n) is 19.0. The van der Waals surface area contributed by atoms with E-state index in [1.807, 2.05) is 18.9 Å². The molecule has 3 saturated heterocycles. The van der Waals surface area contributed by atoms with Crippen molar-refractivity contribution in [3.63, 3.8) is 0 Å². The Kier molecular flexibility index (Phi) is 15.9. The van der Waals surface area contributed by atoms with Crippen LogP contribution in [0.4, 0.5) is 0 Å². The second kappa shape index (κ2) is 18.5. The predicted molar refractivity (Wildman–Crippen MR) is 194 cm³/mol. The maximum absolute atomic E-state index is 14.0. The SMILES string of the molecule is CC#CCN(C)[C@H]1C[C@@H](C)O[C@@H](O[C@@H]2C[C@H](O[C@H]3C[C@@](C)(OC)[C@@H](O)[C@H](C)O3)[C@@H](C)C(=O)O[C@H](CC)[C@@](C)(O)[C@H](O)[C@@H](C)C(=O)[C@H](C)C[C@@]2(C)O)[C@@H]1O. The highest BCUT2D eigenvalue weighted by Gasteiger charge is 2.51. The zero-order valence-electron chi connectivity index (χ0n) is 33.8. The van der Waals surface area contributed by atoms with Crippen molar-refractivity contribution in [2.45, 2.75) is 186 Å². The Labute approximate surface area is 315 Å². The second-order valence-corrected chi connectivity index (χ2v) is 16.4. The Morgan fingerprint density at radius 1 is 0.925 bits per heavy atom. The Morgan fingerprint density at radius 3 is 2.15 bits per heavy atom.